The van der Waals surface area contributed by atoms with E-state index in [0.717, 1.165) is 32.1 Å². The Morgan fingerprint density at radius 3 is 2.44 bits per heavy atom. The molecule has 1 saturated carbocycles. The average molecular weight is 369 g/mol. The van der Waals surface area contributed by atoms with Crippen LogP contribution in [0.5, 0.6) is 0 Å². The van der Waals surface area contributed by atoms with E-state index in [1.165, 1.54) is 16.6 Å². The summed E-state index contributed by atoms with van der Waals surface area (Å²) in [6, 6.07) is 1.50. The Kier molecular flexibility index (Phi) is 5.50. The maximum Gasteiger partial charge on any atom is 0.268 e. The third kappa shape index (κ3) is 4.07. The first-order chi connectivity index (χ1) is 11.9. The van der Waals surface area contributed by atoms with Crippen LogP contribution >= 0.6 is 0 Å². The second-order valence-electron chi connectivity index (χ2n) is 7.12. The van der Waals surface area contributed by atoms with Crippen molar-refractivity contribution < 1.29 is 18.3 Å². The van der Waals surface area contributed by atoms with Crippen LogP contribution in [0.2, 0.25) is 0 Å². The van der Waals surface area contributed by atoms with Gasteiger partial charge in [-0.2, -0.15) is 4.31 Å². The van der Waals surface area contributed by atoms with Crippen molar-refractivity contribution in [1.29, 1.82) is 0 Å². The summed E-state index contributed by atoms with van der Waals surface area (Å²) in [5.74, 6) is -0.260. The van der Waals surface area contributed by atoms with Crippen molar-refractivity contribution in [3.05, 3.63) is 18.0 Å². The van der Waals surface area contributed by atoms with E-state index in [1.807, 2.05) is 0 Å². The fourth-order valence-electron chi connectivity index (χ4n) is 3.63. The summed E-state index contributed by atoms with van der Waals surface area (Å²) in [6.07, 6.45) is 6.93. The fraction of sp³-hybridized carbons (Fsp3) is 0.706. The third-order valence-electron chi connectivity index (χ3n) is 5.20. The SMILES string of the molecule is Cn1cc(S(=O)(=O)N2CCCCC2)cc1C(=O)NC1CCC(O)CC1. The highest BCUT2D eigenvalue weighted by atomic mass is 32.2. The molecule has 1 aromatic heterocycles. The summed E-state index contributed by atoms with van der Waals surface area (Å²) < 4.78 is 28.6. The number of amides is 1. The van der Waals surface area contributed by atoms with Gasteiger partial charge in [-0.05, 0) is 44.6 Å². The molecule has 1 aliphatic carbocycles. The molecular formula is C17H27N3O4S. The number of nitrogens with zero attached hydrogens (tertiary/aromatic N) is 2. The summed E-state index contributed by atoms with van der Waals surface area (Å²) >= 11 is 0. The summed E-state index contributed by atoms with van der Waals surface area (Å²) in [4.78, 5) is 12.7. The molecule has 140 valence electrons. The van der Waals surface area contributed by atoms with E-state index in [-0.39, 0.29) is 22.9 Å². The smallest absolute Gasteiger partial charge is 0.268 e. The minimum Gasteiger partial charge on any atom is -0.393 e. The van der Waals surface area contributed by atoms with Gasteiger partial charge in [0.05, 0.1) is 6.10 Å². The number of hydrogen-bond acceptors (Lipinski definition) is 4. The zero-order valence-electron chi connectivity index (χ0n) is 14.6. The lowest BCUT2D eigenvalue weighted by molar-refractivity contribution is 0.0860. The number of rotatable bonds is 4. The van der Waals surface area contributed by atoms with Gasteiger partial charge in [0.1, 0.15) is 10.6 Å². The van der Waals surface area contributed by atoms with E-state index in [1.54, 1.807) is 11.6 Å². The van der Waals surface area contributed by atoms with Gasteiger partial charge in [0.15, 0.2) is 0 Å². The molecule has 0 atom stereocenters. The van der Waals surface area contributed by atoms with Crippen LogP contribution in [0.3, 0.4) is 0 Å². The van der Waals surface area contributed by atoms with Gasteiger partial charge >= 0.3 is 0 Å². The minimum absolute atomic E-state index is 0.0351. The van der Waals surface area contributed by atoms with Crippen LogP contribution in [0.1, 0.15) is 55.4 Å². The molecule has 1 amide bonds. The van der Waals surface area contributed by atoms with E-state index in [0.29, 0.717) is 31.6 Å². The highest BCUT2D eigenvalue weighted by molar-refractivity contribution is 7.89. The lowest BCUT2D eigenvalue weighted by Crippen LogP contribution is -2.39. The summed E-state index contributed by atoms with van der Waals surface area (Å²) in [6.45, 7) is 1.09. The van der Waals surface area contributed by atoms with Crippen molar-refractivity contribution in [1.82, 2.24) is 14.2 Å². The normalized spacial score (nSPS) is 25.7. The topological polar surface area (TPSA) is 91.6 Å². The molecular weight excluding hydrogens is 342 g/mol. The van der Waals surface area contributed by atoms with Crippen molar-refractivity contribution in [2.24, 2.45) is 7.05 Å². The number of aromatic nitrogens is 1. The molecule has 7 nitrogen and oxygen atoms in total. The minimum atomic E-state index is -3.54. The van der Waals surface area contributed by atoms with Gasteiger partial charge in [0, 0.05) is 32.4 Å². The van der Waals surface area contributed by atoms with Crippen molar-refractivity contribution in [3.63, 3.8) is 0 Å². The lowest BCUT2D eigenvalue weighted by Gasteiger charge is -2.26. The summed E-state index contributed by atoms with van der Waals surface area (Å²) in [5.41, 5.74) is 0.349. The van der Waals surface area contributed by atoms with E-state index in [4.69, 9.17) is 0 Å². The number of aliphatic hydroxyl groups is 1. The maximum atomic E-state index is 12.8. The van der Waals surface area contributed by atoms with Crippen molar-refractivity contribution in [2.45, 2.75) is 62.0 Å². The Hall–Kier alpha value is -1.38. The predicted octanol–water partition coefficient (Wildman–Crippen LogP) is 1.23. The Morgan fingerprint density at radius 1 is 1.16 bits per heavy atom. The Labute approximate surface area is 149 Å². The van der Waals surface area contributed by atoms with Gasteiger partial charge in [-0.3, -0.25) is 4.79 Å². The van der Waals surface area contributed by atoms with Crippen LogP contribution in [0, 0.1) is 0 Å². The lowest BCUT2D eigenvalue weighted by atomic mass is 9.93. The number of carbonyl (C=O) groups is 1. The average Bonchev–Trinajstić information content (AvgIpc) is 3.00. The molecule has 1 aromatic rings. The monoisotopic (exact) mass is 369 g/mol. The molecule has 2 fully saturated rings. The third-order valence-corrected chi connectivity index (χ3v) is 7.06. The number of hydrogen-bond donors (Lipinski definition) is 2. The van der Waals surface area contributed by atoms with Crippen molar-refractivity contribution in [3.8, 4) is 0 Å². The van der Waals surface area contributed by atoms with E-state index < -0.39 is 10.0 Å². The highest BCUT2D eigenvalue weighted by Gasteiger charge is 2.29. The number of nitrogens with one attached hydrogen (secondary N) is 1. The second-order valence-corrected chi connectivity index (χ2v) is 9.05. The largest absolute Gasteiger partial charge is 0.393 e. The first kappa shape index (κ1) is 18.4. The van der Waals surface area contributed by atoms with Crippen LogP contribution in [0.25, 0.3) is 0 Å². The molecule has 3 rings (SSSR count). The molecule has 8 heteroatoms. The molecule has 0 unspecified atom stereocenters. The van der Waals surface area contributed by atoms with Gasteiger partial charge in [-0.1, -0.05) is 6.42 Å². The quantitative estimate of drug-likeness (QED) is 0.835. The number of carbonyl (C=O) groups excluding carboxylic acids is 1. The number of aliphatic hydroxyl groups excluding tert-OH is 1. The van der Waals surface area contributed by atoms with Crippen LogP contribution in [0.4, 0.5) is 0 Å². The molecule has 0 aromatic carbocycles. The van der Waals surface area contributed by atoms with Gasteiger partial charge < -0.3 is 15.0 Å². The molecule has 2 N–H and O–H groups in total. The maximum absolute atomic E-state index is 12.8. The van der Waals surface area contributed by atoms with Crippen LogP contribution in [0.15, 0.2) is 17.2 Å². The number of aryl methyl sites for hydroxylation is 1. The molecule has 2 aliphatic rings. The second kappa shape index (κ2) is 7.47. The molecule has 2 heterocycles. The van der Waals surface area contributed by atoms with Gasteiger partial charge in [0.25, 0.3) is 5.91 Å². The van der Waals surface area contributed by atoms with Crippen LogP contribution < -0.4 is 5.32 Å². The first-order valence-corrected chi connectivity index (χ1v) is 10.5. The van der Waals surface area contributed by atoms with Crippen LogP contribution in [-0.4, -0.2) is 53.5 Å². The molecule has 25 heavy (non-hydrogen) atoms. The predicted molar refractivity (Wildman–Crippen MR) is 93.8 cm³/mol. The summed E-state index contributed by atoms with van der Waals surface area (Å²) in [5, 5.41) is 12.5. The fourth-order valence-corrected chi connectivity index (χ4v) is 5.22. The number of sulfonamides is 1. The van der Waals surface area contributed by atoms with Gasteiger partial charge in [-0.15, -0.1) is 0 Å². The Bertz CT molecular complexity index is 714. The molecule has 1 aliphatic heterocycles. The summed E-state index contributed by atoms with van der Waals surface area (Å²) in [7, 11) is -1.85. The van der Waals surface area contributed by atoms with Crippen LogP contribution in [-0.2, 0) is 17.1 Å². The van der Waals surface area contributed by atoms with E-state index in [2.05, 4.69) is 5.32 Å². The van der Waals surface area contributed by atoms with Crippen molar-refractivity contribution in [2.75, 3.05) is 13.1 Å². The number of piperidine rings is 1. The van der Waals surface area contributed by atoms with E-state index >= 15 is 0 Å². The molecule has 1 saturated heterocycles. The standard InChI is InChI=1S/C17H27N3O4S/c1-19-12-15(25(23,24)20-9-3-2-4-10-20)11-16(19)17(22)18-13-5-7-14(21)8-6-13/h11-14,21H,2-10H2,1H3,(H,18,22). The zero-order valence-corrected chi connectivity index (χ0v) is 15.5. The highest BCUT2D eigenvalue weighted by Crippen LogP contribution is 2.23. The molecule has 0 bridgehead atoms. The van der Waals surface area contributed by atoms with Gasteiger partial charge in [-0.25, -0.2) is 8.42 Å². The first-order valence-electron chi connectivity index (χ1n) is 9.03. The Morgan fingerprint density at radius 2 is 1.80 bits per heavy atom. The Balaban J connectivity index is 1.72. The zero-order chi connectivity index (χ0) is 18.0. The molecule has 0 spiro atoms. The van der Waals surface area contributed by atoms with Crippen molar-refractivity contribution >= 4 is 15.9 Å². The molecule has 0 radical (unpaired) electrons. The van der Waals surface area contributed by atoms with Gasteiger partial charge in [0.2, 0.25) is 10.0 Å². The van der Waals surface area contributed by atoms with E-state index in [9.17, 15) is 18.3 Å².